The summed E-state index contributed by atoms with van der Waals surface area (Å²) in [6.07, 6.45) is 7.40. The van der Waals surface area contributed by atoms with Gasteiger partial charge < -0.3 is 5.32 Å². The minimum absolute atomic E-state index is 0.229. The van der Waals surface area contributed by atoms with Crippen molar-refractivity contribution in [2.75, 3.05) is 17.1 Å². The molecule has 0 radical (unpaired) electrons. The van der Waals surface area contributed by atoms with E-state index in [1.165, 1.54) is 18.1 Å². The summed E-state index contributed by atoms with van der Waals surface area (Å²) in [7, 11) is -3.94. The van der Waals surface area contributed by atoms with E-state index < -0.39 is 27.3 Å². The molecule has 0 aromatic heterocycles. The van der Waals surface area contributed by atoms with Gasteiger partial charge in [0, 0.05) is 12.1 Å². The summed E-state index contributed by atoms with van der Waals surface area (Å²) in [6.45, 7) is 0.250. The molecule has 0 bridgehead atoms. The number of carbonyl (C=O) groups is 1. The number of para-hydroxylation sites is 1. The molecule has 1 aliphatic rings. The first-order valence-electron chi connectivity index (χ1n) is 9.72. The first-order valence-corrected chi connectivity index (χ1v) is 11.6. The quantitative estimate of drug-likeness (QED) is 0.666. The van der Waals surface area contributed by atoms with E-state index in [9.17, 15) is 22.0 Å². The Hall–Kier alpha value is -2.74. The average molecular weight is 435 g/mol. The number of sulfonamides is 1. The van der Waals surface area contributed by atoms with Crippen LogP contribution in [0.5, 0.6) is 0 Å². The Morgan fingerprint density at radius 1 is 1.07 bits per heavy atom. The van der Waals surface area contributed by atoms with Crippen LogP contribution in [0.15, 0.2) is 54.1 Å². The van der Waals surface area contributed by atoms with Crippen molar-refractivity contribution in [3.8, 4) is 0 Å². The Labute approximate surface area is 175 Å². The lowest BCUT2D eigenvalue weighted by molar-refractivity contribution is 0.0956. The molecule has 1 amide bonds. The van der Waals surface area contributed by atoms with Gasteiger partial charge in [0.2, 0.25) is 10.0 Å². The fourth-order valence-electron chi connectivity index (χ4n) is 3.38. The van der Waals surface area contributed by atoms with E-state index in [0.29, 0.717) is 22.0 Å². The molecule has 0 spiro atoms. The van der Waals surface area contributed by atoms with Crippen LogP contribution >= 0.6 is 0 Å². The van der Waals surface area contributed by atoms with Crippen molar-refractivity contribution in [3.63, 3.8) is 0 Å². The van der Waals surface area contributed by atoms with E-state index in [-0.39, 0.29) is 12.5 Å². The fourth-order valence-corrected chi connectivity index (χ4v) is 4.27. The van der Waals surface area contributed by atoms with E-state index in [4.69, 9.17) is 0 Å². The summed E-state index contributed by atoms with van der Waals surface area (Å²) >= 11 is 0. The van der Waals surface area contributed by atoms with Crippen molar-refractivity contribution in [1.29, 1.82) is 0 Å². The Bertz CT molecular complexity index is 1030. The summed E-state index contributed by atoms with van der Waals surface area (Å²) < 4.78 is 53.3. The van der Waals surface area contributed by atoms with Crippen molar-refractivity contribution in [2.24, 2.45) is 0 Å². The number of anilines is 1. The highest BCUT2D eigenvalue weighted by molar-refractivity contribution is 7.92. The van der Waals surface area contributed by atoms with Gasteiger partial charge in [0.15, 0.2) is 11.6 Å². The number of allylic oxidation sites excluding steroid dienone is 1. The van der Waals surface area contributed by atoms with Crippen LogP contribution in [0.2, 0.25) is 0 Å². The summed E-state index contributed by atoms with van der Waals surface area (Å²) in [5.74, 6) is -2.16. The number of amides is 1. The number of halogens is 2. The minimum atomic E-state index is -3.94. The predicted molar refractivity (Wildman–Crippen MR) is 113 cm³/mol. The summed E-state index contributed by atoms with van der Waals surface area (Å²) in [6, 6.07) is 9.47. The molecule has 0 saturated carbocycles. The number of hydrogen-bond donors (Lipinski definition) is 1. The Balaban J connectivity index is 1.73. The van der Waals surface area contributed by atoms with Gasteiger partial charge in [0.1, 0.15) is 5.69 Å². The van der Waals surface area contributed by atoms with Crippen LogP contribution in [0.4, 0.5) is 14.5 Å². The molecule has 30 heavy (non-hydrogen) atoms. The molecule has 1 N–H and O–H groups in total. The number of hydrogen-bond acceptors (Lipinski definition) is 3. The second-order valence-corrected chi connectivity index (χ2v) is 9.23. The normalized spacial score (nSPS) is 14.2. The summed E-state index contributed by atoms with van der Waals surface area (Å²) in [5, 5.41) is 2.88. The molecule has 5 nitrogen and oxygen atoms in total. The van der Waals surface area contributed by atoms with Gasteiger partial charge in [-0.25, -0.2) is 17.2 Å². The van der Waals surface area contributed by atoms with Crippen LogP contribution in [-0.4, -0.2) is 27.1 Å². The number of benzene rings is 2. The van der Waals surface area contributed by atoms with Crippen LogP contribution in [-0.2, 0) is 16.6 Å². The molecule has 3 rings (SSSR count). The molecule has 2 aromatic carbocycles. The second kappa shape index (κ2) is 9.38. The van der Waals surface area contributed by atoms with E-state index in [2.05, 4.69) is 11.4 Å². The van der Waals surface area contributed by atoms with Crippen molar-refractivity contribution in [1.82, 2.24) is 5.32 Å². The highest BCUT2D eigenvalue weighted by atomic mass is 32.2. The van der Waals surface area contributed by atoms with Gasteiger partial charge in [-0.2, -0.15) is 0 Å². The first-order chi connectivity index (χ1) is 14.3. The number of carbonyl (C=O) groups excluding carboxylic acids is 1. The highest BCUT2D eigenvalue weighted by Crippen LogP contribution is 2.27. The zero-order valence-electron chi connectivity index (χ0n) is 16.7. The highest BCUT2D eigenvalue weighted by Gasteiger charge is 2.24. The molecular weight excluding hydrogens is 410 g/mol. The van der Waals surface area contributed by atoms with Crippen molar-refractivity contribution >= 4 is 21.6 Å². The van der Waals surface area contributed by atoms with Crippen LogP contribution in [0.25, 0.3) is 0 Å². The van der Waals surface area contributed by atoms with Crippen LogP contribution < -0.4 is 9.62 Å². The van der Waals surface area contributed by atoms with Gasteiger partial charge in [-0.15, -0.1) is 0 Å². The minimum Gasteiger partial charge on any atom is -0.348 e. The lowest BCUT2D eigenvalue weighted by Gasteiger charge is -2.23. The molecular formula is C22H24F2N2O3S. The van der Waals surface area contributed by atoms with Gasteiger partial charge in [-0.1, -0.05) is 29.8 Å². The maximum atomic E-state index is 14.1. The summed E-state index contributed by atoms with van der Waals surface area (Å²) in [5.41, 5.74) is 1.53. The maximum absolute atomic E-state index is 14.1. The number of nitrogens with zero attached hydrogens (tertiary/aromatic N) is 1. The van der Waals surface area contributed by atoms with Crippen LogP contribution in [0, 0.1) is 11.6 Å². The van der Waals surface area contributed by atoms with Crippen molar-refractivity contribution < 1.29 is 22.0 Å². The third-order valence-electron chi connectivity index (χ3n) is 4.99. The lowest BCUT2D eigenvalue weighted by Crippen LogP contribution is -2.31. The fraction of sp³-hybridized carbons (Fsp3) is 0.318. The van der Waals surface area contributed by atoms with Gasteiger partial charge >= 0.3 is 0 Å². The molecule has 0 unspecified atom stereocenters. The van der Waals surface area contributed by atoms with Crippen molar-refractivity contribution in [3.05, 3.63) is 76.9 Å². The molecule has 1 aliphatic carbocycles. The molecule has 2 aromatic rings. The summed E-state index contributed by atoms with van der Waals surface area (Å²) in [4.78, 5) is 12.3. The predicted octanol–water partition coefficient (Wildman–Crippen LogP) is 4.16. The molecule has 8 heteroatoms. The third kappa shape index (κ3) is 5.44. The van der Waals surface area contributed by atoms with Gasteiger partial charge in [0.05, 0.1) is 12.8 Å². The topological polar surface area (TPSA) is 66.5 Å². The van der Waals surface area contributed by atoms with E-state index in [1.807, 2.05) is 0 Å². The monoisotopic (exact) mass is 434 g/mol. The number of nitrogens with one attached hydrogen (secondary N) is 1. The second-order valence-electron chi connectivity index (χ2n) is 7.33. The standard InChI is InChI=1S/C22H24F2N2O3S/c1-30(28,29)26(21-19(23)8-5-9-20(21)24)15-17-10-12-18(13-11-17)22(27)25-14-16-6-3-2-4-7-16/h5-6,8-13H,2-4,7,14-15H2,1H3,(H,25,27). The average Bonchev–Trinajstić information content (AvgIpc) is 2.71. The third-order valence-corrected chi connectivity index (χ3v) is 6.10. The van der Waals surface area contributed by atoms with Gasteiger partial charge in [0.25, 0.3) is 5.91 Å². The lowest BCUT2D eigenvalue weighted by atomic mass is 9.99. The molecule has 0 saturated heterocycles. The Morgan fingerprint density at radius 2 is 1.73 bits per heavy atom. The largest absolute Gasteiger partial charge is 0.348 e. The SMILES string of the molecule is CS(=O)(=O)N(Cc1ccc(C(=O)NCC2=CCCCC2)cc1)c1c(F)cccc1F. The van der Waals surface area contributed by atoms with Gasteiger partial charge in [-0.3, -0.25) is 9.10 Å². The van der Waals surface area contributed by atoms with Crippen molar-refractivity contribution in [2.45, 2.75) is 32.2 Å². The van der Waals surface area contributed by atoms with E-state index >= 15 is 0 Å². The number of rotatable bonds is 7. The zero-order valence-corrected chi connectivity index (χ0v) is 17.5. The van der Waals surface area contributed by atoms with E-state index in [0.717, 1.165) is 37.7 Å². The van der Waals surface area contributed by atoms with E-state index in [1.54, 1.807) is 24.3 Å². The molecule has 0 aliphatic heterocycles. The molecule has 0 atom stereocenters. The Kier molecular flexibility index (Phi) is 6.87. The first kappa shape index (κ1) is 22.0. The Morgan fingerprint density at radius 3 is 2.30 bits per heavy atom. The molecule has 0 fully saturated rings. The molecule has 0 heterocycles. The smallest absolute Gasteiger partial charge is 0.251 e. The molecule has 160 valence electrons. The van der Waals surface area contributed by atoms with Crippen LogP contribution in [0.3, 0.4) is 0 Å². The zero-order chi connectivity index (χ0) is 21.7. The van der Waals surface area contributed by atoms with Gasteiger partial charge in [-0.05, 0) is 55.5 Å². The van der Waals surface area contributed by atoms with Crippen LogP contribution in [0.1, 0.15) is 41.6 Å². The maximum Gasteiger partial charge on any atom is 0.251 e.